The van der Waals surface area contributed by atoms with Gasteiger partial charge in [-0.1, -0.05) is 0 Å². The van der Waals surface area contributed by atoms with Crippen molar-refractivity contribution in [2.45, 2.75) is 17.1 Å². The Morgan fingerprint density at radius 3 is 1.20 bits per heavy atom. The molecule has 0 amide bonds. The molecule has 0 aliphatic heterocycles. The van der Waals surface area contributed by atoms with Crippen LogP contribution in [-0.4, -0.2) is 18.0 Å². The molecule has 1 radical (unpaired) electrons. The molecule has 0 bridgehead atoms. The van der Waals surface area contributed by atoms with Crippen molar-refractivity contribution < 1.29 is 4.10 Å². The van der Waals surface area contributed by atoms with E-state index >= 15 is 0 Å². The van der Waals surface area contributed by atoms with Crippen molar-refractivity contribution in [3.05, 3.63) is 0 Å². The summed E-state index contributed by atoms with van der Waals surface area (Å²) in [7, 11) is 0. The molecule has 2 heteroatoms. The van der Waals surface area contributed by atoms with Gasteiger partial charge < -0.3 is 0 Å². The van der Waals surface area contributed by atoms with Gasteiger partial charge in [0.1, 0.15) is 0 Å². The predicted molar refractivity (Wildman–Crippen MR) is 25.6 cm³/mol. The Hall–Kier alpha value is 0.518. The van der Waals surface area contributed by atoms with E-state index in [1.807, 2.05) is 17.1 Å². The summed E-state index contributed by atoms with van der Waals surface area (Å²) in [4.78, 5) is 0. The molecule has 1 N–H and O–H groups in total. The van der Waals surface area contributed by atoms with E-state index in [1.54, 1.807) is 0 Å². The average molecular weight is 137 g/mol. The second-order valence-corrected chi connectivity index (χ2v) is 10.1. The zero-order valence-corrected chi connectivity index (χ0v) is 5.77. The Morgan fingerprint density at radius 2 is 1.20 bits per heavy atom. The fraction of sp³-hybridized carbons (Fsp3) is 1.00. The second kappa shape index (κ2) is 1.32. The first-order valence-electron chi connectivity index (χ1n) is 1.54. The monoisotopic (exact) mass is 137 g/mol. The van der Waals surface area contributed by atoms with Crippen LogP contribution in [0.4, 0.5) is 0 Å². The van der Waals surface area contributed by atoms with Crippen LogP contribution in [-0.2, 0) is 0 Å². The van der Waals surface area contributed by atoms with Gasteiger partial charge in [0.2, 0.25) is 0 Å². The van der Waals surface area contributed by atoms with Gasteiger partial charge in [0, 0.05) is 0 Å². The molecule has 0 saturated heterocycles. The normalized spacial score (nSPS) is 12.0. The SMILES string of the molecule is C[As](C)(C)O. The van der Waals surface area contributed by atoms with Gasteiger partial charge in [-0.25, -0.2) is 0 Å². The van der Waals surface area contributed by atoms with Crippen molar-refractivity contribution in [3.63, 3.8) is 0 Å². The summed E-state index contributed by atoms with van der Waals surface area (Å²) in [5.74, 6) is 0. The van der Waals surface area contributed by atoms with Gasteiger partial charge in [0.05, 0.1) is 0 Å². The minimum absolute atomic E-state index is 1.88. The number of hydrogen-bond donors (Lipinski definition) is 1. The molecule has 33 valence electrons. The fourth-order valence-corrected chi connectivity index (χ4v) is 0. The van der Waals surface area contributed by atoms with Crippen molar-refractivity contribution >= 4 is 13.9 Å². The van der Waals surface area contributed by atoms with Crippen molar-refractivity contribution in [2.24, 2.45) is 0 Å². The van der Waals surface area contributed by atoms with Crippen LogP contribution in [0.3, 0.4) is 0 Å². The Labute approximate surface area is 35.8 Å². The third kappa shape index (κ3) is 107. The molecule has 0 aliphatic rings. The third-order valence-electron chi connectivity index (χ3n) is 0. The molecule has 0 rings (SSSR count). The Morgan fingerprint density at radius 1 is 1.20 bits per heavy atom. The van der Waals surface area contributed by atoms with Gasteiger partial charge in [0.15, 0.2) is 0 Å². The van der Waals surface area contributed by atoms with Crippen molar-refractivity contribution in [3.8, 4) is 0 Å². The van der Waals surface area contributed by atoms with E-state index in [9.17, 15) is 0 Å². The molecular weight excluding hydrogens is 127 g/mol. The van der Waals surface area contributed by atoms with Crippen molar-refractivity contribution in [1.29, 1.82) is 0 Å². The first-order chi connectivity index (χ1) is 2.00. The third-order valence-corrected chi connectivity index (χ3v) is 0. The second-order valence-electron chi connectivity index (χ2n) is 1.94. The first-order valence-corrected chi connectivity index (χ1v) is 8.01. The Bertz CT molecular complexity index is 22.4. The summed E-state index contributed by atoms with van der Waals surface area (Å²) in [6.45, 7) is 0. The van der Waals surface area contributed by atoms with Gasteiger partial charge in [-0.05, 0) is 0 Å². The molecule has 0 aromatic heterocycles. The average Bonchev–Trinajstić information content (AvgIpc) is 0.722. The van der Waals surface area contributed by atoms with Crippen LogP contribution >= 0.6 is 0 Å². The van der Waals surface area contributed by atoms with E-state index in [2.05, 4.69) is 0 Å². The molecule has 0 unspecified atom stereocenters. The van der Waals surface area contributed by atoms with Crippen LogP contribution in [0.2, 0.25) is 17.1 Å². The summed E-state index contributed by atoms with van der Waals surface area (Å²) in [5.41, 5.74) is 5.74. The molecule has 5 heavy (non-hydrogen) atoms. The number of rotatable bonds is 0. The molecule has 0 aromatic carbocycles. The van der Waals surface area contributed by atoms with Crippen LogP contribution < -0.4 is 0 Å². The molecule has 0 aromatic rings. The van der Waals surface area contributed by atoms with Crippen LogP contribution in [0.15, 0.2) is 0 Å². The van der Waals surface area contributed by atoms with Crippen LogP contribution in [0, 0.1) is 0 Å². The van der Waals surface area contributed by atoms with Gasteiger partial charge in [-0.15, -0.1) is 0 Å². The van der Waals surface area contributed by atoms with Crippen LogP contribution in [0.1, 0.15) is 0 Å². The van der Waals surface area contributed by atoms with E-state index in [-0.39, 0.29) is 0 Å². The van der Waals surface area contributed by atoms with Gasteiger partial charge in [0.25, 0.3) is 0 Å². The van der Waals surface area contributed by atoms with Gasteiger partial charge in [-0.3, -0.25) is 0 Å². The molecule has 0 atom stereocenters. The maximum absolute atomic E-state index is 8.69. The fourth-order valence-electron chi connectivity index (χ4n) is 0. The molecule has 0 heterocycles. The molecular formula is C3H10AsO. The van der Waals surface area contributed by atoms with Crippen molar-refractivity contribution in [1.82, 2.24) is 0 Å². The van der Waals surface area contributed by atoms with E-state index in [1.165, 1.54) is 0 Å². The standard InChI is InChI=1S/C3H10AsO/c1-4(2,3)5/h5H,1-3H3. The van der Waals surface area contributed by atoms with E-state index in [4.69, 9.17) is 4.10 Å². The number of hydrogen-bond acceptors (Lipinski definition) is 1. The summed E-state index contributed by atoms with van der Waals surface area (Å²) in [6, 6.07) is 0. The zero-order chi connectivity index (χ0) is 4.50. The Balaban J connectivity index is 3.02. The maximum atomic E-state index is 8.69. The first kappa shape index (κ1) is 5.52. The van der Waals surface area contributed by atoms with Gasteiger partial charge >= 0.3 is 35.1 Å². The topological polar surface area (TPSA) is 20.2 Å². The summed E-state index contributed by atoms with van der Waals surface area (Å²) < 4.78 is 8.69. The van der Waals surface area contributed by atoms with Gasteiger partial charge in [-0.2, -0.15) is 0 Å². The van der Waals surface area contributed by atoms with E-state index in [0.29, 0.717) is 0 Å². The van der Waals surface area contributed by atoms with Crippen LogP contribution in [0.5, 0.6) is 0 Å². The molecule has 0 fully saturated rings. The quantitative estimate of drug-likeness (QED) is 0.490. The van der Waals surface area contributed by atoms with Crippen LogP contribution in [0.25, 0.3) is 0 Å². The van der Waals surface area contributed by atoms with E-state index in [0.717, 1.165) is 0 Å². The van der Waals surface area contributed by atoms with Crippen molar-refractivity contribution in [2.75, 3.05) is 0 Å². The zero-order valence-electron chi connectivity index (χ0n) is 3.89. The van der Waals surface area contributed by atoms with E-state index < -0.39 is 13.9 Å². The molecule has 0 spiro atoms. The summed E-state index contributed by atoms with van der Waals surface area (Å²) in [5, 5.41) is 0. The Kier molecular flexibility index (Phi) is 1.45. The minimum atomic E-state index is -1.88. The summed E-state index contributed by atoms with van der Waals surface area (Å²) in [6.07, 6.45) is 0. The summed E-state index contributed by atoms with van der Waals surface area (Å²) >= 11 is -1.88. The molecule has 0 aliphatic carbocycles. The predicted octanol–water partition coefficient (Wildman–Crippen LogP) is 0.814. The molecule has 0 saturated carbocycles. The molecule has 1 nitrogen and oxygen atoms in total.